The van der Waals surface area contributed by atoms with Gasteiger partial charge >= 0.3 is 6.18 Å². The average molecular weight is 406 g/mol. The molecule has 0 bridgehead atoms. The first-order valence-electron chi connectivity index (χ1n) is 9.41. The van der Waals surface area contributed by atoms with Gasteiger partial charge in [-0.2, -0.15) is 13.2 Å². The minimum atomic E-state index is -4.55. The van der Waals surface area contributed by atoms with Crippen LogP contribution in [0, 0.1) is 0 Å². The third-order valence-electron chi connectivity index (χ3n) is 5.64. The maximum absolute atomic E-state index is 13.4. The molecule has 1 atom stereocenters. The van der Waals surface area contributed by atoms with E-state index in [4.69, 9.17) is 9.47 Å². The zero-order valence-corrected chi connectivity index (χ0v) is 16.0. The van der Waals surface area contributed by atoms with Gasteiger partial charge < -0.3 is 14.4 Å². The second-order valence-corrected chi connectivity index (χ2v) is 7.32. The summed E-state index contributed by atoms with van der Waals surface area (Å²) in [6.07, 6.45) is -3.27. The van der Waals surface area contributed by atoms with Gasteiger partial charge in [0, 0.05) is 50.5 Å². The number of pyridine rings is 1. The number of alkyl halides is 3. The molecule has 1 aliphatic carbocycles. The van der Waals surface area contributed by atoms with Gasteiger partial charge in [0.05, 0.1) is 24.5 Å². The SMILES string of the molecule is COC1(Cc2ncccc2C(F)(F)F)Cc2cc(N3CCOCC3)ccc2C1=O. The number of Topliss-reactive ketones (excluding diaryl/α,β-unsaturated/α-hetero) is 1. The quantitative estimate of drug-likeness (QED) is 0.780. The zero-order valence-electron chi connectivity index (χ0n) is 16.0. The number of ether oxygens (including phenoxy) is 2. The summed E-state index contributed by atoms with van der Waals surface area (Å²) < 4.78 is 51.1. The number of methoxy groups -OCH3 is 1. The first-order valence-corrected chi connectivity index (χ1v) is 9.41. The van der Waals surface area contributed by atoms with E-state index in [-0.39, 0.29) is 24.3 Å². The van der Waals surface area contributed by atoms with E-state index in [0.717, 1.165) is 30.4 Å². The Bertz CT molecular complexity index is 926. The minimum absolute atomic E-state index is 0.184. The smallest absolute Gasteiger partial charge is 0.378 e. The van der Waals surface area contributed by atoms with Gasteiger partial charge in [-0.05, 0) is 35.9 Å². The summed E-state index contributed by atoms with van der Waals surface area (Å²) in [5.74, 6) is -0.303. The van der Waals surface area contributed by atoms with Crippen LogP contribution in [0.2, 0.25) is 0 Å². The maximum atomic E-state index is 13.4. The summed E-state index contributed by atoms with van der Waals surface area (Å²) in [6.45, 7) is 2.78. The fourth-order valence-electron chi connectivity index (χ4n) is 4.09. The molecule has 2 aliphatic rings. The molecule has 154 valence electrons. The van der Waals surface area contributed by atoms with Crippen molar-refractivity contribution in [3.05, 3.63) is 58.9 Å². The lowest BCUT2D eigenvalue weighted by atomic mass is 9.90. The molecule has 29 heavy (non-hydrogen) atoms. The molecular weight excluding hydrogens is 385 g/mol. The molecule has 0 spiro atoms. The van der Waals surface area contributed by atoms with Crippen molar-refractivity contribution in [1.29, 1.82) is 0 Å². The van der Waals surface area contributed by atoms with E-state index in [9.17, 15) is 18.0 Å². The summed E-state index contributed by atoms with van der Waals surface area (Å²) in [4.78, 5) is 19.2. The van der Waals surface area contributed by atoms with Crippen LogP contribution in [-0.4, -0.2) is 49.8 Å². The number of carbonyl (C=O) groups excluding carboxylic acids is 1. The van der Waals surface area contributed by atoms with Crippen LogP contribution in [0.3, 0.4) is 0 Å². The summed E-state index contributed by atoms with van der Waals surface area (Å²) in [7, 11) is 1.36. The van der Waals surface area contributed by atoms with Crippen molar-refractivity contribution in [3.63, 3.8) is 0 Å². The maximum Gasteiger partial charge on any atom is 0.418 e. The molecule has 0 amide bonds. The fraction of sp³-hybridized carbons (Fsp3) is 0.429. The Balaban J connectivity index is 1.66. The molecular formula is C21H21F3N2O3. The molecule has 0 saturated carbocycles. The van der Waals surface area contributed by atoms with Crippen molar-refractivity contribution in [2.45, 2.75) is 24.6 Å². The molecule has 2 heterocycles. The highest BCUT2D eigenvalue weighted by Gasteiger charge is 2.48. The van der Waals surface area contributed by atoms with Crippen LogP contribution in [0.15, 0.2) is 36.5 Å². The van der Waals surface area contributed by atoms with Gasteiger partial charge in [-0.3, -0.25) is 9.78 Å². The summed E-state index contributed by atoms with van der Waals surface area (Å²) in [5, 5.41) is 0. The molecule has 1 aromatic heterocycles. The van der Waals surface area contributed by atoms with E-state index in [0.29, 0.717) is 18.8 Å². The number of halogens is 3. The van der Waals surface area contributed by atoms with Crippen molar-refractivity contribution in [2.24, 2.45) is 0 Å². The Labute approximate surface area is 166 Å². The number of anilines is 1. The third-order valence-corrected chi connectivity index (χ3v) is 5.64. The van der Waals surface area contributed by atoms with Crippen LogP contribution in [-0.2, 0) is 28.5 Å². The third kappa shape index (κ3) is 3.62. The molecule has 1 aliphatic heterocycles. The molecule has 1 saturated heterocycles. The van der Waals surface area contributed by atoms with Crippen LogP contribution in [0.4, 0.5) is 18.9 Å². The predicted octanol–water partition coefficient (Wildman–Crippen LogP) is 3.30. The Hall–Kier alpha value is -2.45. The van der Waals surface area contributed by atoms with Crippen molar-refractivity contribution in [1.82, 2.24) is 4.98 Å². The highest BCUT2D eigenvalue weighted by Crippen LogP contribution is 2.39. The lowest BCUT2D eigenvalue weighted by Gasteiger charge is -2.29. The molecule has 4 rings (SSSR count). The van der Waals surface area contributed by atoms with Gasteiger partial charge in [-0.15, -0.1) is 0 Å². The Morgan fingerprint density at radius 2 is 2.00 bits per heavy atom. The number of hydrogen-bond donors (Lipinski definition) is 0. The summed E-state index contributed by atoms with van der Waals surface area (Å²) in [5.41, 5.74) is -0.162. The first-order chi connectivity index (χ1) is 13.8. The number of benzene rings is 1. The molecule has 5 nitrogen and oxygen atoms in total. The van der Waals surface area contributed by atoms with E-state index >= 15 is 0 Å². The first kappa shape index (κ1) is 19.8. The van der Waals surface area contributed by atoms with E-state index in [1.165, 1.54) is 19.4 Å². The monoisotopic (exact) mass is 406 g/mol. The van der Waals surface area contributed by atoms with Crippen LogP contribution < -0.4 is 4.90 Å². The van der Waals surface area contributed by atoms with E-state index in [1.807, 2.05) is 12.1 Å². The number of morpholine rings is 1. The summed E-state index contributed by atoms with van der Waals surface area (Å²) in [6, 6.07) is 7.77. The van der Waals surface area contributed by atoms with Gasteiger partial charge in [0.15, 0.2) is 5.78 Å². The van der Waals surface area contributed by atoms with Gasteiger partial charge in [-0.25, -0.2) is 0 Å². The van der Waals surface area contributed by atoms with Crippen molar-refractivity contribution >= 4 is 11.5 Å². The van der Waals surface area contributed by atoms with Crippen LogP contribution in [0.5, 0.6) is 0 Å². The van der Waals surface area contributed by atoms with E-state index < -0.39 is 17.3 Å². The largest absolute Gasteiger partial charge is 0.418 e. The van der Waals surface area contributed by atoms with Crippen LogP contribution in [0.1, 0.15) is 27.2 Å². The minimum Gasteiger partial charge on any atom is -0.378 e. The van der Waals surface area contributed by atoms with Crippen LogP contribution in [0.25, 0.3) is 0 Å². The van der Waals surface area contributed by atoms with Crippen molar-refractivity contribution in [2.75, 3.05) is 38.3 Å². The van der Waals surface area contributed by atoms with Gasteiger partial charge in [0.1, 0.15) is 5.60 Å². The highest BCUT2D eigenvalue weighted by molar-refractivity contribution is 6.07. The number of rotatable bonds is 4. The van der Waals surface area contributed by atoms with Gasteiger partial charge in [0.2, 0.25) is 0 Å². The molecule has 1 fully saturated rings. The number of nitrogens with zero attached hydrogens (tertiary/aromatic N) is 2. The Kier molecular flexibility index (Phi) is 5.08. The Morgan fingerprint density at radius 3 is 2.69 bits per heavy atom. The van der Waals surface area contributed by atoms with E-state index in [1.54, 1.807) is 6.07 Å². The standard InChI is InChI=1S/C21H21F3N2O3/c1-28-20(13-18-17(21(22,23)24)3-2-6-25-18)12-14-11-15(4-5-16(14)19(20)27)26-7-9-29-10-8-26/h2-6,11H,7-10,12-13H2,1H3. The normalized spacial score (nSPS) is 22.1. The molecule has 0 N–H and O–H groups in total. The Morgan fingerprint density at radius 1 is 1.24 bits per heavy atom. The second kappa shape index (κ2) is 7.42. The topological polar surface area (TPSA) is 51.7 Å². The van der Waals surface area contributed by atoms with Crippen molar-refractivity contribution < 1.29 is 27.4 Å². The second-order valence-electron chi connectivity index (χ2n) is 7.32. The molecule has 2 aromatic rings. The van der Waals surface area contributed by atoms with Gasteiger partial charge in [-0.1, -0.05) is 0 Å². The molecule has 0 radical (unpaired) electrons. The lowest BCUT2D eigenvalue weighted by molar-refractivity contribution is -0.138. The fourth-order valence-corrected chi connectivity index (χ4v) is 4.09. The summed E-state index contributed by atoms with van der Waals surface area (Å²) >= 11 is 0. The van der Waals surface area contributed by atoms with Gasteiger partial charge in [0.25, 0.3) is 0 Å². The molecule has 1 aromatic carbocycles. The number of hydrogen-bond acceptors (Lipinski definition) is 5. The van der Waals surface area contributed by atoms with Crippen LogP contribution >= 0.6 is 0 Å². The number of fused-ring (bicyclic) bond motifs is 1. The molecule has 8 heteroatoms. The average Bonchev–Trinajstić information content (AvgIpc) is 3.00. The van der Waals surface area contributed by atoms with Crippen molar-refractivity contribution in [3.8, 4) is 0 Å². The number of aromatic nitrogens is 1. The highest BCUT2D eigenvalue weighted by atomic mass is 19.4. The molecule has 1 unspecified atom stereocenters. The predicted molar refractivity (Wildman–Crippen MR) is 100 cm³/mol. The zero-order chi connectivity index (χ0) is 20.6. The number of carbonyl (C=O) groups is 1. The lowest BCUT2D eigenvalue weighted by Crippen LogP contribution is -2.41. The number of ketones is 1. The van der Waals surface area contributed by atoms with E-state index in [2.05, 4.69) is 9.88 Å².